The van der Waals surface area contributed by atoms with E-state index >= 15 is 0 Å². The minimum atomic E-state index is -0.685. The molecule has 0 unspecified atom stereocenters. The van der Waals surface area contributed by atoms with Gasteiger partial charge in [-0.3, -0.25) is 9.59 Å². The number of carbonyl (C=O) groups excluding carboxylic acids is 2. The smallest absolute Gasteiger partial charge is 0.233 e. The molecule has 0 saturated carbocycles. The zero-order valence-corrected chi connectivity index (χ0v) is 17.8. The van der Waals surface area contributed by atoms with Crippen LogP contribution >= 0.6 is 23.2 Å². The van der Waals surface area contributed by atoms with Gasteiger partial charge in [0.15, 0.2) is 11.6 Å². The van der Waals surface area contributed by atoms with Crippen LogP contribution in [0.3, 0.4) is 0 Å². The number of carbonyl (C=O) groups is 2. The molecule has 3 N–H and O–H groups in total. The number of nitrogens with zero attached hydrogens (tertiary/aromatic N) is 1. The Morgan fingerprint density at radius 2 is 1.75 bits per heavy atom. The van der Waals surface area contributed by atoms with Gasteiger partial charge in [-0.1, -0.05) is 29.3 Å². The Hall–Kier alpha value is -3.62. The molecule has 0 fully saturated rings. The lowest BCUT2D eigenvalue weighted by atomic mass is 10.2. The zero-order chi connectivity index (χ0) is 22.7. The summed E-state index contributed by atoms with van der Waals surface area (Å²) < 4.78 is 20.2. The van der Waals surface area contributed by atoms with Crippen LogP contribution in [0.15, 0.2) is 60.9 Å². The number of aromatic nitrogens is 2. The molecule has 0 bridgehead atoms. The van der Waals surface area contributed by atoms with Crippen LogP contribution in [-0.4, -0.2) is 21.8 Å². The van der Waals surface area contributed by atoms with Crippen molar-refractivity contribution in [3.63, 3.8) is 0 Å². The first kappa shape index (κ1) is 21.6. The summed E-state index contributed by atoms with van der Waals surface area (Å²) in [6.45, 7) is 0. The average molecular weight is 473 g/mol. The van der Waals surface area contributed by atoms with Gasteiger partial charge in [-0.05, 0) is 36.4 Å². The van der Waals surface area contributed by atoms with Crippen molar-refractivity contribution < 1.29 is 18.7 Å². The van der Waals surface area contributed by atoms with E-state index in [4.69, 9.17) is 27.9 Å². The lowest BCUT2D eigenvalue weighted by molar-refractivity contribution is -0.123. The fourth-order valence-electron chi connectivity index (χ4n) is 2.96. The molecule has 2 aromatic heterocycles. The highest BCUT2D eigenvalue weighted by Crippen LogP contribution is 2.31. The predicted molar refractivity (Wildman–Crippen MR) is 121 cm³/mol. The summed E-state index contributed by atoms with van der Waals surface area (Å²) in [6, 6.07) is 12.1. The molecule has 0 aliphatic carbocycles. The van der Waals surface area contributed by atoms with E-state index < -0.39 is 24.1 Å². The summed E-state index contributed by atoms with van der Waals surface area (Å²) in [4.78, 5) is 31.4. The fraction of sp³-hybridized carbons (Fsp3) is 0.0455. The van der Waals surface area contributed by atoms with E-state index in [2.05, 4.69) is 20.6 Å². The summed E-state index contributed by atoms with van der Waals surface area (Å²) in [5, 5.41) is 6.15. The first-order chi connectivity index (χ1) is 15.4. The summed E-state index contributed by atoms with van der Waals surface area (Å²) in [5.41, 5.74) is 1.00. The number of aromatic amines is 1. The molecule has 2 heterocycles. The van der Waals surface area contributed by atoms with Crippen molar-refractivity contribution in [3.05, 3.63) is 76.8 Å². The summed E-state index contributed by atoms with van der Waals surface area (Å²) in [7, 11) is 0. The molecule has 0 aliphatic heterocycles. The maximum atomic E-state index is 14.5. The van der Waals surface area contributed by atoms with Gasteiger partial charge < -0.3 is 20.4 Å². The van der Waals surface area contributed by atoms with E-state index in [-0.39, 0.29) is 27.2 Å². The zero-order valence-electron chi connectivity index (χ0n) is 16.3. The molecule has 0 spiro atoms. The van der Waals surface area contributed by atoms with Crippen LogP contribution in [0.4, 0.5) is 15.8 Å². The van der Waals surface area contributed by atoms with E-state index in [1.54, 1.807) is 42.7 Å². The number of hydrogen-bond donors (Lipinski definition) is 3. The summed E-state index contributed by atoms with van der Waals surface area (Å²) >= 11 is 12.0. The minimum Gasteiger partial charge on any atom is -0.453 e. The number of fused-ring (bicyclic) bond motifs is 1. The van der Waals surface area contributed by atoms with Crippen LogP contribution in [0.5, 0.6) is 11.5 Å². The van der Waals surface area contributed by atoms with Gasteiger partial charge in [0.1, 0.15) is 17.8 Å². The Morgan fingerprint density at radius 1 is 1.00 bits per heavy atom. The molecule has 0 radical (unpaired) electrons. The molecule has 0 atom stereocenters. The van der Waals surface area contributed by atoms with E-state index in [0.717, 1.165) is 6.07 Å². The van der Waals surface area contributed by atoms with Crippen molar-refractivity contribution in [1.82, 2.24) is 9.97 Å². The Bertz CT molecular complexity index is 1310. The lowest BCUT2D eigenvalue weighted by Crippen LogP contribution is -2.21. The number of amides is 2. The highest BCUT2D eigenvalue weighted by molar-refractivity contribution is 6.39. The topological polar surface area (TPSA) is 96.1 Å². The van der Waals surface area contributed by atoms with E-state index in [1.165, 1.54) is 12.1 Å². The molecule has 32 heavy (non-hydrogen) atoms. The van der Waals surface area contributed by atoms with Crippen molar-refractivity contribution in [2.75, 3.05) is 10.6 Å². The molecule has 10 heteroatoms. The van der Waals surface area contributed by atoms with Crippen molar-refractivity contribution in [2.24, 2.45) is 0 Å². The molecule has 2 amide bonds. The first-order valence-electron chi connectivity index (χ1n) is 9.34. The van der Waals surface area contributed by atoms with Gasteiger partial charge in [-0.15, -0.1) is 0 Å². The summed E-state index contributed by atoms with van der Waals surface area (Å²) in [6.07, 6.45) is 2.74. The molecule has 4 aromatic rings. The maximum Gasteiger partial charge on any atom is 0.233 e. The maximum absolute atomic E-state index is 14.5. The molecule has 2 aromatic carbocycles. The SMILES string of the molecule is O=C(CC(=O)Nc1c(Cl)cccc1Cl)Nc1ccc(Oc2ccnc3[nH]ccc23)c(F)c1. The third-order valence-corrected chi connectivity index (χ3v) is 5.03. The second kappa shape index (κ2) is 9.25. The van der Waals surface area contributed by atoms with Crippen LogP contribution in [0.25, 0.3) is 11.0 Å². The van der Waals surface area contributed by atoms with Gasteiger partial charge in [-0.2, -0.15) is 0 Å². The third kappa shape index (κ3) is 4.82. The number of H-pyrrole nitrogens is 1. The summed E-state index contributed by atoms with van der Waals surface area (Å²) in [5.74, 6) is -1.53. The molecule has 0 saturated heterocycles. The van der Waals surface area contributed by atoms with Gasteiger partial charge in [-0.25, -0.2) is 9.37 Å². The number of rotatable bonds is 6. The Morgan fingerprint density at radius 3 is 2.50 bits per heavy atom. The predicted octanol–water partition coefficient (Wildman–Crippen LogP) is 5.77. The van der Waals surface area contributed by atoms with Crippen molar-refractivity contribution in [3.8, 4) is 11.5 Å². The van der Waals surface area contributed by atoms with Crippen molar-refractivity contribution in [1.29, 1.82) is 0 Å². The fourth-order valence-corrected chi connectivity index (χ4v) is 3.45. The van der Waals surface area contributed by atoms with E-state index in [9.17, 15) is 14.0 Å². The number of ether oxygens (including phenoxy) is 1. The quantitative estimate of drug-likeness (QED) is 0.310. The Kier molecular flexibility index (Phi) is 6.25. The highest BCUT2D eigenvalue weighted by atomic mass is 35.5. The molecule has 4 rings (SSSR count). The second-order valence-electron chi connectivity index (χ2n) is 6.67. The monoisotopic (exact) mass is 472 g/mol. The number of para-hydroxylation sites is 1. The third-order valence-electron chi connectivity index (χ3n) is 4.40. The number of nitrogens with one attached hydrogen (secondary N) is 3. The van der Waals surface area contributed by atoms with Gasteiger partial charge in [0, 0.05) is 24.1 Å². The number of pyridine rings is 1. The lowest BCUT2D eigenvalue weighted by Gasteiger charge is -2.11. The van der Waals surface area contributed by atoms with E-state index in [0.29, 0.717) is 16.8 Å². The van der Waals surface area contributed by atoms with Crippen LogP contribution in [-0.2, 0) is 9.59 Å². The number of halogens is 3. The van der Waals surface area contributed by atoms with Crippen molar-refractivity contribution >= 4 is 57.4 Å². The number of benzene rings is 2. The van der Waals surface area contributed by atoms with Crippen LogP contribution in [0.1, 0.15) is 6.42 Å². The second-order valence-corrected chi connectivity index (χ2v) is 7.48. The van der Waals surface area contributed by atoms with Gasteiger partial charge in [0.05, 0.1) is 21.1 Å². The molecule has 162 valence electrons. The molecule has 7 nitrogen and oxygen atoms in total. The normalized spacial score (nSPS) is 10.7. The highest BCUT2D eigenvalue weighted by Gasteiger charge is 2.15. The van der Waals surface area contributed by atoms with Crippen molar-refractivity contribution in [2.45, 2.75) is 6.42 Å². The minimum absolute atomic E-state index is 0.0252. The average Bonchev–Trinajstić information content (AvgIpc) is 3.22. The molecule has 0 aliphatic rings. The van der Waals surface area contributed by atoms with Gasteiger partial charge in [0.2, 0.25) is 11.8 Å². The first-order valence-corrected chi connectivity index (χ1v) is 10.1. The Balaban J connectivity index is 1.39. The van der Waals surface area contributed by atoms with Gasteiger partial charge >= 0.3 is 0 Å². The molecular formula is C22H15Cl2FN4O3. The van der Waals surface area contributed by atoms with Crippen LogP contribution in [0, 0.1) is 5.82 Å². The van der Waals surface area contributed by atoms with Gasteiger partial charge in [0.25, 0.3) is 0 Å². The van der Waals surface area contributed by atoms with E-state index in [1.807, 2.05) is 0 Å². The number of hydrogen-bond acceptors (Lipinski definition) is 4. The van der Waals surface area contributed by atoms with Crippen LogP contribution < -0.4 is 15.4 Å². The molecular weight excluding hydrogens is 458 g/mol. The standard InChI is InChI=1S/C22H15Cl2FN4O3/c23-14-2-1-3-15(24)21(14)29-20(31)11-19(30)28-12-4-5-18(16(25)10-12)32-17-7-9-27-22-13(17)6-8-26-22/h1-10H,11H2,(H,26,27)(H,28,30)(H,29,31). The number of anilines is 2. The largest absolute Gasteiger partial charge is 0.453 e. The Labute approximate surface area is 191 Å². The van der Waals surface area contributed by atoms with Crippen LogP contribution in [0.2, 0.25) is 10.0 Å².